The largest absolute Gasteiger partial charge is 0.479 e. The number of hydrogen-bond donors (Lipinski definition) is 0. The molecule has 0 heterocycles. The average Bonchev–Trinajstić information content (AvgIpc) is 2.06. The third-order valence-electron chi connectivity index (χ3n) is 1.63. The van der Waals surface area contributed by atoms with E-state index < -0.39 is 0 Å². The molecule has 0 rings (SSSR count). The highest BCUT2D eigenvalue weighted by atomic mass is 16.5. The monoisotopic (exact) mass is 221 g/mol. The van der Waals surface area contributed by atoms with Gasteiger partial charge in [0.25, 0.3) is 0 Å². The van der Waals surface area contributed by atoms with Gasteiger partial charge in [-0.2, -0.15) is 5.26 Å². The van der Waals surface area contributed by atoms with Gasteiger partial charge in [0.1, 0.15) is 11.8 Å². The van der Waals surface area contributed by atoms with E-state index in [1.54, 1.807) is 0 Å². The smallest absolute Gasteiger partial charge is 0.174 e. The quantitative estimate of drug-likeness (QED) is 0.532. The summed E-state index contributed by atoms with van der Waals surface area (Å²) in [5.74, 6) is 0.768. The second kappa shape index (κ2) is 5.75. The van der Waals surface area contributed by atoms with Gasteiger partial charge >= 0.3 is 0 Å². The summed E-state index contributed by atoms with van der Waals surface area (Å²) < 4.78 is 5.38. The first-order valence-electron chi connectivity index (χ1n) is 5.56. The summed E-state index contributed by atoms with van der Waals surface area (Å²) in [6, 6.07) is 1.98. The molecule has 90 valence electrons. The van der Waals surface area contributed by atoms with Crippen molar-refractivity contribution in [2.75, 3.05) is 6.61 Å². The summed E-state index contributed by atoms with van der Waals surface area (Å²) >= 11 is 0. The average molecular weight is 221 g/mol. The van der Waals surface area contributed by atoms with Gasteiger partial charge in [-0.3, -0.25) is 0 Å². The standard InChI is InChI=1S/C14H23NO/c1-13(2,3)8-7-12(16-10-9-15)11-14(4,5)6/h7-8,11H,10H2,1-6H3/b8-7-,12-11+. The molecule has 16 heavy (non-hydrogen) atoms. The zero-order valence-corrected chi connectivity index (χ0v) is 11.3. The molecule has 0 saturated heterocycles. The molecular formula is C14H23NO. The summed E-state index contributed by atoms with van der Waals surface area (Å²) in [5.41, 5.74) is 0.167. The summed E-state index contributed by atoms with van der Waals surface area (Å²) in [7, 11) is 0. The van der Waals surface area contributed by atoms with Gasteiger partial charge in [0.05, 0.1) is 0 Å². The Bertz CT molecular complexity index is 305. The number of nitriles is 1. The highest BCUT2D eigenvalue weighted by Crippen LogP contribution is 2.21. The lowest BCUT2D eigenvalue weighted by atomic mass is 9.93. The van der Waals surface area contributed by atoms with Crippen LogP contribution < -0.4 is 0 Å². The summed E-state index contributed by atoms with van der Waals surface area (Å²) in [6.45, 7) is 12.8. The van der Waals surface area contributed by atoms with Crippen molar-refractivity contribution >= 4 is 0 Å². The van der Waals surface area contributed by atoms with E-state index in [-0.39, 0.29) is 17.4 Å². The Labute approximate surface area is 99.6 Å². The van der Waals surface area contributed by atoms with E-state index in [9.17, 15) is 0 Å². The minimum atomic E-state index is 0.0486. The molecule has 2 nitrogen and oxygen atoms in total. The van der Waals surface area contributed by atoms with Crippen molar-refractivity contribution in [3.05, 3.63) is 24.0 Å². The minimum absolute atomic E-state index is 0.0486. The van der Waals surface area contributed by atoms with Crippen LogP contribution in [0.5, 0.6) is 0 Å². The highest BCUT2D eigenvalue weighted by molar-refractivity contribution is 5.17. The minimum Gasteiger partial charge on any atom is -0.479 e. The second-order valence-corrected chi connectivity index (χ2v) is 6.06. The van der Waals surface area contributed by atoms with Crippen LogP contribution in [-0.2, 0) is 4.74 Å². The molecule has 0 fully saturated rings. The number of rotatable bonds is 3. The molecule has 0 aromatic carbocycles. The van der Waals surface area contributed by atoms with E-state index in [2.05, 4.69) is 47.6 Å². The Morgan fingerprint density at radius 1 is 1.12 bits per heavy atom. The Morgan fingerprint density at radius 3 is 2.06 bits per heavy atom. The summed E-state index contributed by atoms with van der Waals surface area (Å²) in [4.78, 5) is 0. The molecule has 0 spiro atoms. The van der Waals surface area contributed by atoms with Gasteiger partial charge in [-0.25, -0.2) is 0 Å². The molecule has 0 saturated carbocycles. The van der Waals surface area contributed by atoms with Crippen LogP contribution in [0.4, 0.5) is 0 Å². The molecule has 0 aliphatic heterocycles. The van der Waals surface area contributed by atoms with Crippen LogP contribution in [0.2, 0.25) is 0 Å². The van der Waals surface area contributed by atoms with Gasteiger partial charge in [-0.1, -0.05) is 47.6 Å². The molecule has 0 atom stereocenters. The molecule has 0 aliphatic rings. The molecule has 0 aliphatic carbocycles. The third kappa shape index (κ3) is 9.33. The number of hydrogen-bond acceptors (Lipinski definition) is 2. The summed E-state index contributed by atoms with van der Waals surface area (Å²) in [6.07, 6.45) is 6.07. The molecule has 0 amide bonds. The van der Waals surface area contributed by atoms with E-state index in [0.29, 0.717) is 0 Å². The van der Waals surface area contributed by atoms with Gasteiger partial charge in [-0.15, -0.1) is 0 Å². The van der Waals surface area contributed by atoms with Gasteiger partial charge in [0, 0.05) is 0 Å². The SMILES string of the molecule is CC(C)(C)/C=C\C(=C/C(C)(C)C)OCC#N. The molecule has 0 N–H and O–H groups in total. The molecule has 0 radical (unpaired) electrons. The first-order valence-corrected chi connectivity index (χ1v) is 5.56. The zero-order valence-electron chi connectivity index (χ0n) is 11.3. The Morgan fingerprint density at radius 2 is 1.69 bits per heavy atom. The molecule has 2 heteroatoms. The maximum absolute atomic E-state index is 8.52. The Kier molecular flexibility index (Phi) is 5.30. The second-order valence-electron chi connectivity index (χ2n) is 6.06. The fraction of sp³-hybridized carbons (Fsp3) is 0.643. The van der Waals surface area contributed by atoms with E-state index in [0.717, 1.165) is 5.76 Å². The van der Waals surface area contributed by atoms with E-state index in [1.165, 1.54) is 0 Å². The highest BCUT2D eigenvalue weighted by Gasteiger charge is 2.09. The molecule has 0 unspecified atom stereocenters. The van der Waals surface area contributed by atoms with Crippen LogP contribution in [0.15, 0.2) is 24.0 Å². The van der Waals surface area contributed by atoms with Gasteiger partial charge in [-0.05, 0) is 23.0 Å². The predicted molar refractivity (Wildman–Crippen MR) is 67.7 cm³/mol. The number of nitrogens with zero attached hydrogens (tertiary/aromatic N) is 1. The van der Waals surface area contributed by atoms with Crippen LogP contribution in [0.3, 0.4) is 0 Å². The van der Waals surface area contributed by atoms with Crippen LogP contribution >= 0.6 is 0 Å². The van der Waals surface area contributed by atoms with E-state index >= 15 is 0 Å². The van der Waals surface area contributed by atoms with Crippen molar-refractivity contribution in [3.63, 3.8) is 0 Å². The molecule has 0 aromatic heterocycles. The lowest BCUT2D eigenvalue weighted by Crippen LogP contribution is -2.04. The number of allylic oxidation sites excluding steroid dienone is 3. The van der Waals surface area contributed by atoms with Crippen molar-refractivity contribution < 1.29 is 4.74 Å². The van der Waals surface area contributed by atoms with Crippen molar-refractivity contribution in [1.29, 1.82) is 5.26 Å². The lowest BCUT2D eigenvalue weighted by molar-refractivity contribution is 0.258. The normalized spacial score (nSPS) is 13.9. The summed E-state index contributed by atoms with van der Waals surface area (Å²) in [5, 5.41) is 8.52. The van der Waals surface area contributed by atoms with Crippen LogP contribution in [0.25, 0.3) is 0 Å². The molecular weight excluding hydrogens is 198 g/mol. The Hall–Kier alpha value is -1.23. The van der Waals surface area contributed by atoms with E-state index in [1.807, 2.05) is 18.2 Å². The van der Waals surface area contributed by atoms with Crippen molar-refractivity contribution in [1.82, 2.24) is 0 Å². The Balaban J connectivity index is 4.77. The fourth-order valence-electron chi connectivity index (χ4n) is 1.01. The predicted octanol–water partition coefficient (Wildman–Crippen LogP) is 4.06. The lowest BCUT2D eigenvalue weighted by Gasteiger charge is -2.16. The topological polar surface area (TPSA) is 33.0 Å². The first kappa shape index (κ1) is 14.8. The molecule has 0 bridgehead atoms. The number of ether oxygens (including phenoxy) is 1. The first-order chi connectivity index (χ1) is 7.14. The van der Waals surface area contributed by atoms with Crippen molar-refractivity contribution in [2.45, 2.75) is 41.5 Å². The van der Waals surface area contributed by atoms with Gasteiger partial charge in [0.15, 0.2) is 6.61 Å². The zero-order chi connectivity index (χ0) is 12.8. The van der Waals surface area contributed by atoms with Crippen LogP contribution in [0.1, 0.15) is 41.5 Å². The molecule has 0 aromatic rings. The van der Waals surface area contributed by atoms with Crippen LogP contribution in [0, 0.1) is 22.2 Å². The van der Waals surface area contributed by atoms with E-state index in [4.69, 9.17) is 10.00 Å². The fourth-order valence-corrected chi connectivity index (χ4v) is 1.01. The maximum atomic E-state index is 8.52. The van der Waals surface area contributed by atoms with Crippen molar-refractivity contribution in [2.24, 2.45) is 10.8 Å². The maximum Gasteiger partial charge on any atom is 0.174 e. The van der Waals surface area contributed by atoms with Gasteiger partial charge < -0.3 is 4.74 Å². The third-order valence-corrected chi connectivity index (χ3v) is 1.63. The van der Waals surface area contributed by atoms with Crippen LogP contribution in [-0.4, -0.2) is 6.61 Å². The van der Waals surface area contributed by atoms with Crippen molar-refractivity contribution in [3.8, 4) is 6.07 Å². The van der Waals surface area contributed by atoms with Gasteiger partial charge in [0.2, 0.25) is 0 Å².